The number of para-hydroxylation sites is 3. The number of nitrogens with zero attached hydrogens (tertiary/aromatic N) is 2. The molecule has 55 heavy (non-hydrogen) atoms. The Morgan fingerprint density at radius 2 is 0.945 bits per heavy atom. The number of benzene rings is 8. The van der Waals surface area contributed by atoms with Gasteiger partial charge in [-0.1, -0.05) is 98.8 Å². The predicted octanol–water partition coefficient (Wildman–Crippen LogP) is 13.7. The van der Waals surface area contributed by atoms with Crippen LogP contribution in [0.25, 0.3) is 99.2 Å². The second-order valence-electron chi connectivity index (χ2n) is 16.1. The zero-order chi connectivity index (χ0) is 36.2. The van der Waals surface area contributed by atoms with Crippen LogP contribution in [0.5, 0.6) is 0 Å². The van der Waals surface area contributed by atoms with Gasteiger partial charge in [0.15, 0.2) is 0 Å². The molecule has 0 amide bonds. The van der Waals surface area contributed by atoms with Crippen LogP contribution >= 0.6 is 0 Å². The standard InChI is InChI=1S/C52H34N2O/c1-52(2)44-28-48-41(35-13-5-8-16-46(35)53(48)32-20-19-31-23-30-11-3-4-12-34(30)38(31)24-32)26-39(44)40-27-42-36-14-6-9-17-47(36)54(49(42)29-45(40)52)33-21-22-51-43(25-33)37-15-7-10-18-50(37)55-51/h3-22,24-29H,23H2,1-2H3. The molecular weight excluding hydrogens is 669 g/mol. The summed E-state index contributed by atoms with van der Waals surface area (Å²) in [6.07, 6.45) is 1.000. The Morgan fingerprint density at radius 1 is 0.400 bits per heavy atom. The fourth-order valence-corrected chi connectivity index (χ4v) is 10.3. The Kier molecular flexibility index (Phi) is 5.50. The first-order valence-corrected chi connectivity index (χ1v) is 19.3. The normalized spacial score (nSPS) is 14.1. The fourth-order valence-electron chi connectivity index (χ4n) is 10.3. The van der Waals surface area contributed by atoms with Crippen molar-refractivity contribution in [1.29, 1.82) is 0 Å². The van der Waals surface area contributed by atoms with E-state index in [1.165, 1.54) is 93.8 Å². The van der Waals surface area contributed by atoms with Gasteiger partial charge in [-0.2, -0.15) is 0 Å². The van der Waals surface area contributed by atoms with Crippen molar-refractivity contribution in [3.8, 4) is 33.6 Å². The lowest BCUT2D eigenvalue weighted by Crippen LogP contribution is -2.15. The van der Waals surface area contributed by atoms with Gasteiger partial charge in [0.2, 0.25) is 0 Å². The van der Waals surface area contributed by atoms with Gasteiger partial charge in [0.05, 0.1) is 22.1 Å². The lowest BCUT2D eigenvalue weighted by Gasteiger charge is -2.22. The second kappa shape index (κ2) is 10.2. The minimum Gasteiger partial charge on any atom is -0.456 e. The van der Waals surface area contributed by atoms with Crippen molar-refractivity contribution in [2.45, 2.75) is 25.7 Å². The summed E-state index contributed by atoms with van der Waals surface area (Å²) < 4.78 is 11.2. The van der Waals surface area contributed by atoms with Crippen molar-refractivity contribution in [2.24, 2.45) is 0 Å². The van der Waals surface area contributed by atoms with Crippen molar-refractivity contribution < 1.29 is 4.42 Å². The van der Waals surface area contributed by atoms with E-state index in [1.54, 1.807) is 0 Å². The number of aromatic nitrogens is 2. The molecule has 8 aromatic carbocycles. The average molecular weight is 703 g/mol. The summed E-state index contributed by atoms with van der Waals surface area (Å²) >= 11 is 0. The first-order valence-electron chi connectivity index (χ1n) is 19.3. The Morgan fingerprint density at radius 3 is 1.65 bits per heavy atom. The third-order valence-electron chi connectivity index (χ3n) is 12.9. The Balaban J connectivity index is 1.05. The van der Waals surface area contributed by atoms with Crippen molar-refractivity contribution in [2.75, 3.05) is 0 Å². The molecule has 3 heteroatoms. The third-order valence-corrected chi connectivity index (χ3v) is 12.9. The molecule has 0 bridgehead atoms. The molecule has 0 N–H and O–H groups in total. The Labute approximate surface area is 317 Å². The molecule has 0 atom stereocenters. The molecule has 3 aromatic heterocycles. The van der Waals surface area contributed by atoms with Crippen LogP contribution in [0.15, 0.2) is 162 Å². The molecule has 2 aliphatic carbocycles. The van der Waals surface area contributed by atoms with Gasteiger partial charge in [0, 0.05) is 49.1 Å². The topological polar surface area (TPSA) is 23.0 Å². The maximum absolute atomic E-state index is 6.24. The van der Waals surface area contributed by atoms with Crippen molar-refractivity contribution in [3.63, 3.8) is 0 Å². The van der Waals surface area contributed by atoms with Crippen molar-refractivity contribution >= 4 is 65.6 Å². The quantitative estimate of drug-likeness (QED) is 0.176. The molecule has 2 aliphatic rings. The van der Waals surface area contributed by atoms with Gasteiger partial charge >= 0.3 is 0 Å². The van der Waals surface area contributed by atoms with Crippen molar-refractivity contribution in [1.82, 2.24) is 9.13 Å². The van der Waals surface area contributed by atoms with Crippen LogP contribution in [0.1, 0.15) is 36.1 Å². The highest BCUT2D eigenvalue weighted by molar-refractivity contribution is 6.15. The third kappa shape index (κ3) is 3.80. The molecular formula is C52H34N2O. The molecule has 0 spiro atoms. The van der Waals surface area contributed by atoms with Crippen LogP contribution in [0.2, 0.25) is 0 Å². The number of fused-ring (bicyclic) bond motifs is 15. The van der Waals surface area contributed by atoms with Gasteiger partial charge in [0.1, 0.15) is 11.2 Å². The van der Waals surface area contributed by atoms with E-state index in [4.69, 9.17) is 4.42 Å². The summed E-state index contributed by atoms with van der Waals surface area (Å²) in [4.78, 5) is 0. The summed E-state index contributed by atoms with van der Waals surface area (Å²) in [5.74, 6) is 0. The van der Waals surface area contributed by atoms with E-state index in [9.17, 15) is 0 Å². The maximum Gasteiger partial charge on any atom is 0.135 e. The second-order valence-corrected chi connectivity index (χ2v) is 16.1. The molecule has 0 unspecified atom stereocenters. The Hall–Kier alpha value is -6.84. The van der Waals surface area contributed by atoms with E-state index in [2.05, 4.69) is 175 Å². The Bertz CT molecular complexity index is 3490. The van der Waals surface area contributed by atoms with Crippen LogP contribution in [-0.2, 0) is 11.8 Å². The molecule has 0 aliphatic heterocycles. The van der Waals surface area contributed by atoms with E-state index in [0.717, 1.165) is 34.0 Å². The van der Waals surface area contributed by atoms with Crippen LogP contribution in [0.4, 0.5) is 0 Å². The molecule has 3 nitrogen and oxygen atoms in total. The number of furan rings is 1. The van der Waals surface area contributed by atoms with E-state index < -0.39 is 0 Å². The summed E-state index contributed by atoms with van der Waals surface area (Å²) in [7, 11) is 0. The number of hydrogen-bond donors (Lipinski definition) is 0. The van der Waals surface area contributed by atoms with Gasteiger partial charge in [0.25, 0.3) is 0 Å². The molecule has 0 radical (unpaired) electrons. The first-order chi connectivity index (χ1) is 27.0. The van der Waals surface area contributed by atoms with Crippen LogP contribution in [0, 0.1) is 0 Å². The number of hydrogen-bond acceptors (Lipinski definition) is 1. The SMILES string of the molecule is CC1(C)c2cc3c(cc2-c2cc4c5ccccc5n(-c5ccc6oc7ccccc7c6c5)c4cc21)c1ccccc1n3-c1ccc2c(c1)-c1ccccc1C2. The summed E-state index contributed by atoms with van der Waals surface area (Å²) in [6, 6.07) is 58.7. The van der Waals surface area contributed by atoms with Gasteiger partial charge in [-0.3, -0.25) is 0 Å². The lowest BCUT2D eigenvalue weighted by molar-refractivity contribution is 0.661. The maximum atomic E-state index is 6.24. The van der Waals surface area contributed by atoms with Gasteiger partial charge < -0.3 is 13.6 Å². The van der Waals surface area contributed by atoms with Crippen LogP contribution in [0.3, 0.4) is 0 Å². The zero-order valence-electron chi connectivity index (χ0n) is 30.5. The highest BCUT2D eigenvalue weighted by Gasteiger charge is 2.37. The smallest absolute Gasteiger partial charge is 0.135 e. The number of rotatable bonds is 2. The highest BCUT2D eigenvalue weighted by Crippen LogP contribution is 2.53. The fraction of sp³-hybridized carbons (Fsp3) is 0.0769. The van der Waals surface area contributed by atoms with Gasteiger partial charge in [-0.25, -0.2) is 0 Å². The van der Waals surface area contributed by atoms with Gasteiger partial charge in [-0.15, -0.1) is 0 Å². The van der Waals surface area contributed by atoms with E-state index in [0.29, 0.717) is 0 Å². The lowest BCUT2D eigenvalue weighted by atomic mass is 9.82. The van der Waals surface area contributed by atoms with Crippen molar-refractivity contribution in [3.05, 3.63) is 180 Å². The molecule has 11 aromatic rings. The molecule has 0 fully saturated rings. The molecule has 0 saturated heterocycles. The first kappa shape index (κ1) is 29.6. The largest absolute Gasteiger partial charge is 0.456 e. The van der Waals surface area contributed by atoms with Crippen LogP contribution < -0.4 is 0 Å². The highest BCUT2D eigenvalue weighted by atomic mass is 16.3. The molecule has 13 rings (SSSR count). The van der Waals surface area contributed by atoms with E-state index >= 15 is 0 Å². The minimum absolute atomic E-state index is 0.211. The average Bonchev–Trinajstić information content (AvgIpc) is 4.00. The zero-order valence-corrected chi connectivity index (χ0v) is 30.5. The predicted molar refractivity (Wildman–Crippen MR) is 228 cm³/mol. The summed E-state index contributed by atoms with van der Waals surface area (Å²) in [5, 5.41) is 7.40. The molecule has 3 heterocycles. The monoisotopic (exact) mass is 702 g/mol. The molecule has 0 saturated carbocycles. The minimum atomic E-state index is -0.211. The summed E-state index contributed by atoms with van der Waals surface area (Å²) in [6.45, 7) is 4.82. The van der Waals surface area contributed by atoms with E-state index in [-0.39, 0.29) is 5.41 Å². The molecule has 258 valence electrons. The van der Waals surface area contributed by atoms with Crippen LogP contribution in [-0.4, -0.2) is 9.13 Å². The van der Waals surface area contributed by atoms with E-state index in [1.807, 2.05) is 6.07 Å². The summed E-state index contributed by atoms with van der Waals surface area (Å²) in [5.41, 5.74) is 19.9. The van der Waals surface area contributed by atoms with Gasteiger partial charge in [-0.05, 0) is 124 Å².